The maximum Gasteiger partial charge on any atom is 0.344 e. The van der Waals surface area contributed by atoms with E-state index in [0.717, 1.165) is 17.5 Å². The Labute approximate surface area is 164 Å². The standard InChI is InChI=1S/C21H24N2O5/c1-2-12-22-19(24)13-23-20(25)14-28-21(26)15-27-18-10-8-17(9-11-18)16-6-4-3-5-7-16/h3-11H,2,12-15H2,1H3,(H,22,24)(H,23,25). The van der Waals surface area contributed by atoms with Crippen LogP contribution in [0.25, 0.3) is 11.1 Å². The van der Waals surface area contributed by atoms with Crippen molar-refractivity contribution in [2.75, 3.05) is 26.3 Å². The molecule has 0 saturated heterocycles. The molecule has 2 aromatic rings. The molecule has 0 aromatic heterocycles. The fourth-order valence-electron chi connectivity index (χ4n) is 2.26. The molecule has 148 valence electrons. The van der Waals surface area contributed by atoms with E-state index in [2.05, 4.69) is 10.6 Å². The lowest BCUT2D eigenvalue weighted by atomic mass is 10.1. The van der Waals surface area contributed by atoms with Crippen LogP contribution < -0.4 is 15.4 Å². The third-order valence-electron chi connectivity index (χ3n) is 3.70. The van der Waals surface area contributed by atoms with Gasteiger partial charge in [0.1, 0.15) is 5.75 Å². The van der Waals surface area contributed by atoms with Crippen LogP contribution in [0, 0.1) is 0 Å². The molecular formula is C21H24N2O5. The van der Waals surface area contributed by atoms with Gasteiger partial charge in [0.05, 0.1) is 6.54 Å². The Bertz CT molecular complexity index is 775. The van der Waals surface area contributed by atoms with E-state index >= 15 is 0 Å². The molecule has 0 aliphatic carbocycles. The third kappa shape index (κ3) is 7.49. The van der Waals surface area contributed by atoms with Gasteiger partial charge in [0.25, 0.3) is 5.91 Å². The minimum atomic E-state index is -0.669. The maximum atomic E-state index is 11.7. The Morgan fingerprint density at radius 1 is 0.821 bits per heavy atom. The minimum absolute atomic E-state index is 0.152. The van der Waals surface area contributed by atoms with E-state index in [1.54, 1.807) is 12.1 Å². The Hall–Kier alpha value is -3.35. The number of carbonyl (C=O) groups is 3. The summed E-state index contributed by atoms with van der Waals surface area (Å²) in [6, 6.07) is 17.2. The summed E-state index contributed by atoms with van der Waals surface area (Å²) >= 11 is 0. The molecule has 0 saturated carbocycles. The Balaban J connectivity index is 1.67. The first kappa shape index (κ1) is 21.0. The van der Waals surface area contributed by atoms with Gasteiger partial charge in [0, 0.05) is 6.54 Å². The zero-order chi connectivity index (χ0) is 20.2. The van der Waals surface area contributed by atoms with Crippen LogP contribution in [0.1, 0.15) is 13.3 Å². The summed E-state index contributed by atoms with van der Waals surface area (Å²) in [5.41, 5.74) is 2.12. The number of rotatable bonds is 10. The molecule has 2 rings (SSSR count). The van der Waals surface area contributed by atoms with Gasteiger partial charge in [0.2, 0.25) is 5.91 Å². The van der Waals surface area contributed by atoms with E-state index < -0.39 is 18.5 Å². The summed E-state index contributed by atoms with van der Waals surface area (Å²) in [5.74, 6) is -0.984. The van der Waals surface area contributed by atoms with Crippen LogP contribution in [0.15, 0.2) is 54.6 Å². The second-order valence-corrected chi connectivity index (χ2v) is 5.97. The predicted molar refractivity (Wildman–Crippen MR) is 105 cm³/mol. The van der Waals surface area contributed by atoms with Crippen LogP contribution >= 0.6 is 0 Å². The highest BCUT2D eigenvalue weighted by Gasteiger charge is 2.10. The number of hydrogen-bond donors (Lipinski definition) is 2. The average molecular weight is 384 g/mol. The SMILES string of the molecule is CCCNC(=O)CNC(=O)COC(=O)COc1ccc(-c2ccccc2)cc1. The normalized spacial score (nSPS) is 10.0. The number of benzene rings is 2. The highest BCUT2D eigenvalue weighted by atomic mass is 16.6. The van der Waals surface area contributed by atoms with Gasteiger partial charge in [-0.05, 0) is 29.7 Å². The molecule has 28 heavy (non-hydrogen) atoms. The van der Waals surface area contributed by atoms with Gasteiger partial charge in [0.15, 0.2) is 13.2 Å². The van der Waals surface area contributed by atoms with Crippen molar-refractivity contribution in [2.24, 2.45) is 0 Å². The molecule has 0 aliphatic rings. The van der Waals surface area contributed by atoms with Gasteiger partial charge < -0.3 is 20.1 Å². The van der Waals surface area contributed by atoms with Gasteiger partial charge in [-0.15, -0.1) is 0 Å². The van der Waals surface area contributed by atoms with E-state index in [4.69, 9.17) is 9.47 Å². The number of carbonyl (C=O) groups excluding carboxylic acids is 3. The zero-order valence-electron chi connectivity index (χ0n) is 15.8. The molecule has 0 heterocycles. The molecule has 2 amide bonds. The largest absolute Gasteiger partial charge is 0.482 e. The summed E-state index contributed by atoms with van der Waals surface area (Å²) in [4.78, 5) is 34.6. The minimum Gasteiger partial charge on any atom is -0.482 e. The Morgan fingerprint density at radius 3 is 2.18 bits per heavy atom. The van der Waals surface area contributed by atoms with E-state index in [1.165, 1.54) is 0 Å². The first-order chi connectivity index (χ1) is 13.6. The predicted octanol–water partition coefficient (Wildman–Crippen LogP) is 1.92. The summed E-state index contributed by atoms with van der Waals surface area (Å²) in [7, 11) is 0. The van der Waals surface area contributed by atoms with Crippen LogP contribution in [0.2, 0.25) is 0 Å². The molecule has 0 atom stereocenters. The average Bonchev–Trinajstić information content (AvgIpc) is 2.74. The molecule has 2 aromatic carbocycles. The number of ether oxygens (including phenoxy) is 2. The van der Waals surface area contributed by atoms with Crippen molar-refractivity contribution in [2.45, 2.75) is 13.3 Å². The van der Waals surface area contributed by atoms with Crippen molar-refractivity contribution in [3.63, 3.8) is 0 Å². The third-order valence-corrected chi connectivity index (χ3v) is 3.70. The molecule has 0 fully saturated rings. The van der Waals surface area contributed by atoms with Gasteiger partial charge in [-0.1, -0.05) is 49.4 Å². The first-order valence-corrected chi connectivity index (χ1v) is 9.05. The van der Waals surface area contributed by atoms with Gasteiger partial charge in [-0.25, -0.2) is 4.79 Å². The topological polar surface area (TPSA) is 93.7 Å². The van der Waals surface area contributed by atoms with E-state index in [9.17, 15) is 14.4 Å². The van der Waals surface area contributed by atoms with Crippen molar-refractivity contribution >= 4 is 17.8 Å². The van der Waals surface area contributed by atoms with Crippen molar-refractivity contribution in [3.05, 3.63) is 54.6 Å². The second kappa shape index (κ2) is 11.4. The molecule has 0 radical (unpaired) electrons. The lowest BCUT2D eigenvalue weighted by Crippen LogP contribution is -2.39. The number of hydrogen-bond acceptors (Lipinski definition) is 5. The molecule has 0 bridgehead atoms. The molecule has 7 nitrogen and oxygen atoms in total. The fraction of sp³-hybridized carbons (Fsp3) is 0.286. The van der Waals surface area contributed by atoms with Gasteiger partial charge in [-0.2, -0.15) is 0 Å². The lowest BCUT2D eigenvalue weighted by Gasteiger charge is -2.09. The van der Waals surface area contributed by atoms with Crippen LogP contribution in [0.5, 0.6) is 5.75 Å². The molecule has 0 aliphatic heterocycles. The maximum absolute atomic E-state index is 11.7. The zero-order valence-corrected chi connectivity index (χ0v) is 15.8. The Morgan fingerprint density at radius 2 is 1.50 bits per heavy atom. The van der Waals surface area contributed by atoms with Crippen LogP contribution in [-0.2, 0) is 19.1 Å². The fourth-order valence-corrected chi connectivity index (χ4v) is 2.26. The Kier molecular flexibility index (Phi) is 8.52. The van der Waals surface area contributed by atoms with Crippen LogP contribution in [0.3, 0.4) is 0 Å². The molecule has 0 unspecified atom stereocenters. The summed E-state index contributed by atoms with van der Waals surface area (Å²) in [6.45, 7) is 1.55. The van der Waals surface area contributed by atoms with E-state index in [-0.39, 0.29) is 19.1 Å². The van der Waals surface area contributed by atoms with Crippen molar-refractivity contribution in [3.8, 4) is 16.9 Å². The molecular weight excluding hydrogens is 360 g/mol. The first-order valence-electron chi connectivity index (χ1n) is 9.05. The molecule has 0 spiro atoms. The lowest BCUT2D eigenvalue weighted by molar-refractivity contribution is -0.150. The van der Waals surface area contributed by atoms with Crippen molar-refractivity contribution in [1.82, 2.24) is 10.6 Å². The van der Waals surface area contributed by atoms with Crippen molar-refractivity contribution < 1.29 is 23.9 Å². The van der Waals surface area contributed by atoms with E-state index in [0.29, 0.717) is 12.3 Å². The summed E-state index contributed by atoms with van der Waals surface area (Å²) in [6.07, 6.45) is 0.812. The summed E-state index contributed by atoms with van der Waals surface area (Å²) < 4.78 is 10.2. The monoisotopic (exact) mass is 384 g/mol. The van der Waals surface area contributed by atoms with Crippen LogP contribution in [0.4, 0.5) is 0 Å². The van der Waals surface area contributed by atoms with Gasteiger partial charge in [-0.3, -0.25) is 9.59 Å². The number of nitrogens with one attached hydrogen (secondary N) is 2. The quantitative estimate of drug-likeness (QED) is 0.611. The number of esters is 1. The summed E-state index contributed by atoms with van der Waals surface area (Å²) in [5, 5.41) is 5.00. The van der Waals surface area contributed by atoms with Crippen molar-refractivity contribution in [1.29, 1.82) is 0 Å². The highest BCUT2D eigenvalue weighted by molar-refractivity contribution is 5.86. The second-order valence-electron chi connectivity index (χ2n) is 5.97. The highest BCUT2D eigenvalue weighted by Crippen LogP contribution is 2.21. The van der Waals surface area contributed by atoms with Gasteiger partial charge >= 0.3 is 5.97 Å². The molecule has 2 N–H and O–H groups in total. The molecule has 7 heteroatoms. The van der Waals surface area contributed by atoms with E-state index in [1.807, 2.05) is 49.4 Å². The smallest absolute Gasteiger partial charge is 0.344 e. The van der Waals surface area contributed by atoms with Crippen LogP contribution in [-0.4, -0.2) is 44.1 Å². The number of amides is 2.